The van der Waals surface area contributed by atoms with E-state index in [9.17, 15) is 4.79 Å². The van der Waals surface area contributed by atoms with Gasteiger partial charge in [0.05, 0.1) is 0 Å². The third-order valence-electron chi connectivity index (χ3n) is 3.54. The molecule has 0 aliphatic rings. The first-order valence-electron chi connectivity index (χ1n) is 7.97. The van der Waals surface area contributed by atoms with Crippen molar-refractivity contribution in [2.75, 3.05) is 5.32 Å². The van der Waals surface area contributed by atoms with Crippen LogP contribution in [-0.2, 0) is 6.54 Å². The minimum Gasteiger partial charge on any atom is -0.334 e. The number of nitrogens with zero attached hydrogens (tertiary/aromatic N) is 1. The fourth-order valence-electron chi connectivity index (χ4n) is 2.28. The van der Waals surface area contributed by atoms with Crippen LogP contribution in [0.15, 0.2) is 82.8 Å². The average Bonchev–Trinajstić information content (AvgIpc) is 2.63. The van der Waals surface area contributed by atoms with Gasteiger partial charge in [0.1, 0.15) is 0 Å². The molecule has 1 heterocycles. The van der Waals surface area contributed by atoms with E-state index in [2.05, 4.69) is 46.8 Å². The second-order valence-electron chi connectivity index (χ2n) is 5.61. The molecule has 2 aromatic carbocycles. The van der Waals surface area contributed by atoms with Crippen molar-refractivity contribution in [1.29, 1.82) is 0 Å². The van der Waals surface area contributed by atoms with Gasteiger partial charge in [-0.25, -0.2) is 4.79 Å². The van der Waals surface area contributed by atoms with Crippen LogP contribution >= 0.6 is 11.8 Å². The van der Waals surface area contributed by atoms with Crippen LogP contribution in [-0.4, -0.2) is 11.0 Å². The molecule has 0 radical (unpaired) electrons. The Bertz CT molecular complexity index is 835. The minimum atomic E-state index is -0.226. The smallest absolute Gasteiger partial charge is 0.319 e. The lowest BCUT2D eigenvalue weighted by Gasteiger charge is -2.08. The molecule has 0 spiro atoms. The highest BCUT2D eigenvalue weighted by molar-refractivity contribution is 7.99. The van der Waals surface area contributed by atoms with Gasteiger partial charge in [-0.1, -0.05) is 29.5 Å². The summed E-state index contributed by atoms with van der Waals surface area (Å²) >= 11 is 1.70. The molecule has 0 aliphatic heterocycles. The zero-order valence-electron chi connectivity index (χ0n) is 13.9. The summed E-state index contributed by atoms with van der Waals surface area (Å²) in [5, 5.41) is 5.66. The first-order chi connectivity index (χ1) is 12.2. The van der Waals surface area contributed by atoms with Crippen molar-refractivity contribution >= 4 is 23.5 Å². The number of benzene rings is 2. The van der Waals surface area contributed by atoms with Gasteiger partial charge in [0, 0.05) is 34.4 Å². The number of pyridine rings is 1. The molecule has 4 nitrogen and oxygen atoms in total. The largest absolute Gasteiger partial charge is 0.334 e. The van der Waals surface area contributed by atoms with Crippen LogP contribution < -0.4 is 10.6 Å². The zero-order valence-corrected chi connectivity index (χ0v) is 14.7. The van der Waals surface area contributed by atoms with E-state index in [-0.39, 0.29) is 6.03 Å². The van der Waals surface area contributed by atoms with Crippen LogP contribution in [0.3, 0.4) is 0 Å². The Morgan fingerprint density at radius 1 is 1.00 bits per heavy atom. The number of rotatable bonds is 5. The number of hydrogen-bond donors (Lipinski definition) is 2. The van der Waals surface area contributed by atoms with Gasteiger partial charge in [-0.2, -0.15) is 0 Å². The number of anilines is 1. The number of aryl methyl sites for hydroxylation is 1. The Hall–Kier alpha value is -2.79. The van der Waals surface area contributed by atoms with Gasteiger partial charge in [-0.3, -0.25) is 4.98 Å². The number of hydrogen-bond acceptors (Lipinski definition) is 3. The van der Waals surface area contributed by atoms with E-state index in [4.69, 9.17) is 0 Å². The third kappa shape index (κ3) is 5.36. The molecular formula is C20H19N3OS. The van der Waals surface area contributed by atoms with E-state index >= 15 is 0 Å². The predicted octanol–water partition coefficient (Wildman–Crippen LogP) is 4.86. The van der Waals surface area contributed by atoms with Gasteiger partial charge < -0.3 is 10.6 Å². The Morgan fingerprint density at radius 3 is 2.48 bits per heavy atom. The third-order valence-corrected chi connectivity index (χ3v) is 4.54. The van der Waals surface area contributed by atoms with Gasteiger partial charge in [-0.05, 0) is 61.0 Å². The molecule has 0 fully saturated rings. The van der Waals surface area contributed by atoms with E-state index in [0.717, 1.165) is 16.1 Å². The lowest BCUT2D eigenvalue weighted by molar-refractivity contribution is 0.251. The first-order valence-corrected chi connectivity index (χ1v) is 8.79. The van der Waals surface area contributed by atoms with Crippen LogP contribution in [0.4, 0.5) is 10.5 Å². The summed E-state index contributed by atoms with van der Waals surface area (Å²) in [5.74, 6) is 0. The highest BCUT2D eigenvalue weighted by Crippen LogP contribution is 2.28. The molecule has 25 heavy (non-hydrogen) atoms. The maximum absolute atomic E-state index is 12.0. The first kappa shape index (κ1) is 17.0. The summed E-state index contributed by atoms with van der Waals surface area (Å²) in [6.07, 6.45) is 3.42. The monoisotopic (exact) mass is 349 g/mol. The molecule has 3 aromatic rings. The summed E-state index contributed by atoms with van der Waals surface area (Å²) in [5.41, 5.74) is 3.02. The van der Waals surface area contributed by atoms with Crippen molar-refractivity contribution in [2.45, 2.75) is 23.3 Å². The summed E-state index contributed by atoms with van der Waals surface area (Å²) in [7, 11) is 0. The van der Waals surface area contributed by atoms with Gasteiger partial charge in [-0.15, -0.1) is 0 Å². The second kappa shape index (κ2) is 8.35. The van der Waals surface area contributed by atoms with Crippen molar-refractivity contribution in [3.63, 3.8) is 0 Å². The van der Waals surface area contributed by atoms with Crippen molar-refractivity contribution in [2.24, 2.45) is 0 Å². The van der Waals surface area contributed by atoms with Gasteiger partial charge >= 0.3 is 6.03 Å². The van der Waals surface area contributed by atoms with Crippen LogP contribution in [0.5, 0.6) is 0 Å². The summed E-state index contributed by atoms with van der Waals surface area (Å²) in [6, 6.07) is 19.7. The summed E-state index contributed by atoms with van der Waals surface area (Å²) in [4.78, 5) is 18.2. The Kier molecular flexibility index (Phi) is 5.69. The fraction of sp³-hybridized carbons (Fsp3) is 0.100. The lowest BCUT2D eigenvalue weighted by atomic mass is 10.2. The Balaban J connectivity index is 1.52. The van der Waals surface area contributed by atoms with Gasteiger partial charge in [0.25, 0.3) is 0 Å². The average molecular weight is 349 g/mol. The van der Waals surface area contributed by atoms with E-state index in [1.807, 2.05) is 36.4 Å². The minimum absolute atomic E-state index is 0.226. The highest BCUT2D eigenvalue weighted by atomic mass is 32.2. The lowest BCUT2D eigenvalue weighted by Crippen LogP contribution is -2.28. The molecule has 2 N–H and O–H groups in total. The molecule has 126 valence electrons. The van der Waals surface area contributed by atoms with Crippen molar-refractivity contribution < 1.29 is 4.79 Å². The number of urea groups is 1. The van der Waals surface area contributed by atoms with Crippen molar-refractivity contribution in [1.82, 2.24) is 10.3 Å². The molecule has 5 heteroatoms. The molecule has 0 saturated carbocycles. The highest BCUT2D eigenvalue weighted by Gasteiger charge is 2.03. The normalized spacial score (nSPS) is 10.3. The maximum atomic E-state index is 12.0. The fourth-order valence-corrected chi connectivity index (χ4v) is 3.22. The SMILES string of the molecule is Cc1cccc(Sc2ccc(NC(=O)NCc3ccncc3)cc2)c1. The van der Waals surface area contributed by atoms with E-state index in [1.165, 1.54) is 10.5 Å². The predicted molar refractivity (Wildman–Crippen MR) is 102 cm³/mol. The molecule has 0 aliphatic carbocycles. The topological polar surface area (TPSA) is 54.0 Å². The zero-order chi connectivity index (χ0) is 17.5. The van der Waals surface area contributed by atoms with Crippen molar-refractivity contribution in [3.8, 4) is 0 Å². The molecule has 0 atom stereocenters. The molecule has 1 aromatic heterocycles. The quantitative estimate of drug-likeness (QED) is 0.691. The van der Waals surface area contributed by atoms with E-state index < -0.39 is 0 Å². The van der Waals surface area contributed by atoms with Gasteiger partial charge in [0.15, 0.2) is 0 Å². The van der Waals surface area contributed by atoms with Crippen LogP contribution in [0.2, 0.25) is 0 Å². The van der Waals surface area contributed by atoms with E-state index in [0.29, 0.717) is 6.54 Å². The molecular weight excluding hydrogens is 330 g/mol. The van der Waals surface area contributed by atoms with Crippen LogP contribution in [0.25, 0.3) is 0 Å². The summed E-state index contributed by atoms with van der Waals surface area (Å²) in [6.45, 7) is 2.55. The maximum Gasteiger partial charge on any atom is 0.319 e. The number of aromatic nitrogens is 1. The summed E-state index contributed by atoms with van der Waals surface area (Å²) < 4.78 is 0. The molecule has 3 rings (SSSR count). The number of carbonyl (C=O) groups excluding carboxylic acids is 1. The number of carbonyl (C=O) groups is 1. The number of amides is 2. The van der Waals surface area contributed by atoms with Crippen LogP contribution in [0.1, 0.15) is 11.1 Å². The second-order valence-corrected chi connectivity index (χ2v) is 6.75. The molecule has 0 saturated heterocycles. The van der Waals surface area contributed by atoms with Gasteiger partial charge in [0.2, 0.25) is 0 Å². The van der Waals surface area contributed by atoms with Crippen LogP contribution in [0, 0.1) is 6.92 Å². The molecule has 0 unspecified atom stereocenters. The van der Waals surface area contributed by atoms with E-state index in [1.54, 1.807) is 24.2 Å². The standard InChI is InChI=1S/C20H19N3OS/c1-15-3-2-4-19(13-15)25-18-7-5-17(6-8-18)23-20(24)22-14-16-9-11-21-12-10-16/h2-13H,14H2,1H3,(H2,22,23,24). The Labute approximate surface area is 151 Å². The number of nitrogens with one attached hydrogen (secondary N) is 2. The molecule has 2 amide bonds. The van der Waals surface area contributed by atoms with Crippen molar-refractivity contribution in [3.05, 3.63) is 84.2 Å². The Morgan fingerprint density at radius 2 is 1.76 bits per heavy atom. The molecule has 0 bridgehead atoms.